The molecular weight excluding hydrogens is 997 g/mol. The molecule has 0 aliphatic heterocycles. The summed E-state index contributed by atoms with van der Waals surface area (Å²) in [6, 6.07) is 0. The summed E-state index contributed by atoms with van der Waals surface area (Å²) in [6.07, 6.45) is 93.8. The van der Waals surface area contributed by atoms with Gasteiger partial charge < -0.3 is 14.2 Å². The molecule has 0 aromatic heterocycles. The van der Waals surface area contributed by atoms with E-state index in [9.17, 15) is 14.4 Å². The standard InChI is InChI=1S/C75H128O6/c1-4-7-10-13-16-19-22-25-28-31-33-35-36-37-38-40-41-44-47-50-53-56-59-62-65-68-74(77)80-71-72(70-79-73(76)67-64-61-58-55-52-49-46-43-30-27-24-21-18-15-12-9-6-3)81-75(78)69-66-63-60-57-54-51-48-45-42-39-34-32-29-26-23-20-17-14-11-8-5-2/h7-8,10-11,16-17,19-20,25-26,28-29,33-35,37-39,72H,4-6,9,12-15,18,21-24,27,30-32,36,40-71H2,1-3H3/b10-7-,11-8-,19-16-,20-17-,28-25-,29-26-,35-33-,38-37-,39-34-. The summed E-state index contributed by atoms with van der Waals surface area (Å²) in [7, 11) is 0. The number of unbranched alkanes of at least 4 members (excludes halogenated alkanes) is 33. The average molecular weight is 1130 g/mol. The molecule has 0 radical (unpaired) electrons. The highest BCUT2D eigenvalue weighted by molar-refractivity contribution is 5.71. The second kappa shape index (κ2) is 68.6. The molecule has 6 nitrogen and oxygen atoms in total. The van der Waals surface area contributed by atoms with Crippen LogP contribution in [-0.2, 0) is 28.6 Å². The number of rotatable bonds is 62. The number of allylic oxidation sites excluding steroid dienone is 18. The molecule has 1 unspecified atom stereocenters. The van der Waals surface area contributed by atoms with Crippen LogP contribution in [0.25, 0.3) is 0 Å². The van der Waals surface area contributed by atoms with Crippen molar-refractivity contribution in [1.29, 1.82) is 0 Å². The third-order valence-electron chi connectivity index (χ3n) is 14.8. The number of hydrogen-bond acceptors (Lipinski definition) is 6. The van der Waals surface area contributed by atoms with Crippen LogP contribution < -0.4 is 0 Å². The second-order valence-corrected chi connectivity index (χ2v) is 22.7. The molecule has 0 bridgehead atoms. The molecule has 6 heteroatoms. The van der Waals surface area contributed by atoms with Gasteiger partial charge in [0.1, 0.15) is 13.2 Å². The van der Waals surface area contributed by atoms with Gasteiger partial charge in [-0.2, -0.15) is 0 Å². The van der Waals surface area contributed by atoms with Crippen LogP contribution in [0, 0.1) is 0 Å². The first-order chi connectivity index (χ1) is 40.0. The molecule has 0 fully saturated rings. The van der Waals surface area contributed by atoms with Crippen molar-refractivity contribution in [2.75, 3.05) is 13.2 Å². The number of hydrogen-bond donors (Lipinski definition) is 0. The van der Waals surface area contributed by atoms with E-state index in [2.05, 4.69) is 130 Å². The van der Waals surface area contributed by atoms with Gasteiger partial charge in [-0.1, -0.05) is 316 Å². The van der Waals surface area contributed by atoms with E-state index < -0.39 is 6.10 Å². The summed E-state index contributed by atoms with van der Waals surface area (Å²) in [5.41, 5.74) is 0. The van der Waals surface area contributed by atoms with Crippen molar-refractivity contribution in [2.24, 2.45) is 0 Å². The topological polar surface area (TPSA) is 78.9 Å². The van der Waals surface area contributed by atoms with Gasteiger partial charge in [0, 0.05) is 19.3 Å². The van der Waals surface area contributed by atoms with Gasteiger partial charge >= 0.3 is 17.9 Å². The van der Waals surface area contributed by atoms with Gasteiger partial charge in [-0.15, -0.1) is 0 Å². The van der Waals surface area contributed by atoms with Gasteiger partial charge in [0.2, 0.25) is 0 Å². The Bertz CT molecular complexity index is 1620. The highest BCUT2D eigenvalue weighted by Crippen LogP contribution is 2.17. The molecule has 0 saturated carbocycles. The van der Waals surface area contributed by atoms with Gasteiger partial charge in [-0.05, 0) is 103 Å². The molecule has 0 aromatic carbocycles. The highest BCUT2D eigenvalue weighted by Gasteiger charge is 2.19. The number of esters is 3. The lowest BCUT2D eigenvalue weighted by molar-refractivity contribution is -0.167. The smallest absolute Gasteiger partial charge is 0.306 e. The van der Waals surface area contributed by atoms with Gasteiger partial charge in [0.25, 0.3) is 0 Å². The fourth-order valence-electron chi connectivity index (χ4n) is 9.70. The maximum Gasteiger partial charge on any atom is 0.306 e. The van der Waals surface area contributed by atoms with Gasteiger partial charge in [-0.3, -0.25) is 14.4 Å². The lowest BCUT2D eigenvalue weighted by Crippen LogP contribution is -2.30. The van der Waals surface area contributed by atoms with Crippen molar-refractivity contribution in [3.05, 3.63) is 109 Å². The van der Waals surface area contributed by atoms with E-state index in [1.165, 1.54) is 161 Å². The maximum atomic E-state index is 13.0. The van der Waals surface area contributed by atoms with E-state index in [0.29, 0.717) is 19.3 Å². The number of carbonyl (C=O) groups is 3. The molecule has 464 valence electrons. The predicted molar refractivity (Wildman–Crippen MR) is 353 cm³/mol. The van der Waals surface area contributed by atoms with E-state index in [4.69, 9.17) is 14.2 Å². The van der Waals surface area contributed by atoms with Crippen LogP contribution in [0.1, 0.15) is 329 Å². The van der Waals surface area contributed by atoms with Crippen LogP contribution in [0.3, 0.4) is 0 Å². The Balaban J connectivity index is 4.38. The monoisotopic (exact) mass is 1120 g/mol. The molecule has 0 N–H and O–H groups in total. The third kappa shape index (κ3) is 66.8. The molecule has 0 aliphatic rings. The molecule has 1 atom stereocenters. The van der Waals surface area contributed by atoms with E-state index in [1.54, 1.807) is 0 Å². The predicted octanol–water partition coefficient (Wildman–Crippen LogP) is 23.8. The van der Waals surface area contributed by atoms with Crippen LogP contribution in [0.4, 0.5) is 0 Å². The van der Waals surface area contributed by atoms with Crippen molar-refractivity contribution >= 4 is 17.9 Å². The van der Waals surface area contributed by atoms with Crippen molar-refractivity contribution in [3.63, 3.8) is 0 Å². The Labute approximate surface area is 501 Å². The SMILES string of the molecule is CC/C=C\C/C=C\C/C=C\C/C=C\C/C=C\CCCCCCCCCCCC(=O)OCC(COC(=O)CCCCCCCCCCCCCCCCCCC)OC(=O)CCCCCCCCCC/C=C\C/C=C\C/C=C\C/C=C\CC. The number of ether oxygens (including phenoxy) is 3. The van der Waals surface area contributed by atoms with Crippen LogP contribution >= 0.6 is 0 Å². The van der Waals surface area contributed by atoms with Crippen LogP contribution in [-0.4, -0.2) is 37.2 Å². The Morgan fingerprint density at radius 1 is 0.259 bits per heavy atom. The Morgan fingerprint density at radius 3 is 0.753 bits per heavy atom. The maximum absolute atomic E-state index is 13.0. The first-order valence-corrected chi connectivity index (χ1v) is 34.4. The molecule has 81 heavy (non-hydrogen) atoms. The van der Waals surface area contributed by atoms with E-state index in [1.807, 2.05) is 0 Å². The molecule has 0 aliphatic carbocycles. The zero-order valence-electron chi connectivity index (χ0n) is 53.3. The van der Waals surface area contributed by atoms with Crippen molar-refractivity contribution in [3.8, 4) is 0 Å². The molecule has 0 aromatic rings. The van der Waals surface area contributed by atoms with E-state index in [0.717, 1.165) is 128 Å². The average Bonchev–Trinajstić information content (AvgIpc) is 3.47. The van der Waals surface area contributed by atoms with Crippen LogP contribution in [0.2, 0.25) is 0 Å². The highest BCUT2D eigenvalue weighted by atomic mass is 16.6. The Hall–Kier alpha value is -3.93. The first-order valence-electron chi connectivity index (χ1n) is 34.4. The van der Waals surface area contributed by atoms with Crippen molar-refractivity contribution in [1.82, 2.24) is 0 Å². The molecule has 0 spiro atoms. The minimum absolute atomic E-state index is 0.0809. The van der Waals surface area contributed by atoms with Crippen LogP contribution in [0.15, 0.2) is 109 Å². The Morgan fingerprint density at radius 2 is 0.481 bits per heavy atom. The molecular formula is C75H128O6. The lowest BCUT2D eigenvalue weighted by Gasteiger charge is -2.18. The van der Waals surface area contributed by atoms with Crippen molar-refractivity contribution in [2.45, 2.75) is 335 Å². The summed E-state index contributed by atoms with van der Waals surface area (Å²) in [4.78, 5) is 38.5. The second-order valence-electron chi connectivity index (χ2n) is 22.7. The van der Waals surface area contributed by atoms with E-state index in [-0.39, 0.29) is 31.1 Å². The lowest BCUT2D eigenvalue weighted by atomic mass is 10.0. The third-order valence-corrected chi connectivity index (χ3v) is 14.8. The summed E-state index contributed by atoms with van der Waals surface area (Å²) >= 11 is 0. The zero-order valence-corrected chi connectivity index (χ0v) is 53.3. The summed E-state index contributed by atoms with van der Waals surface area (Å²) in [5.74, 6) is -0.881. The van der Waals surface area contributed by atoms with Crippen LogP contribution in [0.5, 0.6) is 0 Å². The minimum atomic E-state index is -0.787. The van der Waals surface area contributed by atoms with E-state index >= 15 is 0 Å². The van der Waals surface area contributed by atoms with Gasteiger partial charge in [-0.25, -0.2) is 0 Å². The van der Waals surface area contributed by atoms with Crippen molar-refractivity contribution < 1.29 is 28.6 Å². The quantitative estimate of drug-likeness (QED) is 0.0261. The molecule has 0 amide bonds. The number of carbonyl (C=O) groups excluding carboxylic acids is 3. The summed E-state index contributed by atoms with van der Waals surface area (Å²) < 4.78 is 17.0. The molecule has 0 rings (SSSR count). The summed E-state index contributed by atoms with van der Waals surface area (Å²) in [5, 5.41) is 0. The fraction of sp³-hybridized carbons (Fsp3) is 0.720. The largest absolute Gasteiger partial charge is 0.462 e. The molecule has 0 saturated heterocycles. The zero-order chi connectivity index (χ0) is 58.5. The summed E-state index contributed by atoms with van der Waals surface area (Å²) in [6.45, 7) is 6.45. The molecule has 0 heterocycles. The normalized spacial score (nSPS) is 12.8. The fourth-order valence-corrected chi connectivity index (χ4v) is 9.70. The Kier molecular flexibility index (Phi) is 65.2. The van der Waals surface area contributed by atoms with Gasteiger partial charge in [0.05, 0.1) is 0 Å². The first kappa shape index (κ1) is 77.1. The minimum Gasteiger partial charge on any atom is -0.462 e. The van der Waals surface area contributed by atoms with Gasteiger partial charge in [0.15, 0.2) is 6.10 Å².